The van der Waals surface area contributed by atoms with Crippen LogP contribution in [-0.2, 0) is 9.59 Å². The second-order valence-corrected chi connectivity index (χ2v) is 9.86. The molecular formula is C28H38N4O2. The van der Waals surface area contributed by atoms with Gasteiger partial charge in [-0.1, -0.05) is 42.5 Å². The van der Waals surface area contributed by atoms with Gasteiger partial charge in [0.1, 0.15) is 6.04 Å². The molecule has 2 fully saturated rings. The number of piperidine rings is 1. The summed E-state index contributed by atoms with van der Waals surface area (Å²) in [5.74, 6) is 0.236. The van der Waals surface area contributed by atoms with Crippen LogP contribution in [0.15, 0.2) is 48.5 Å². The summed E-state index contributed by atoms with van der Waals surface area (Å²) in [7, 11) is 0. The first-order chi connectivity index (χ1) is 16.4. The molecule has 2 amide bonds. The molecule has 0 bridgehead atoms. The number of aryl methyl sites for hydroxylation is 2. The summed E-state index contributed by atoms with van der Waals surface area (Å²) >= 11 is 0. The Morgan fingerprint density at radius 2 is 1.71 bits per heavy atom. The van der Waals surface area contributed by atoms with Crippen LogP contribution in [0.4, 0.5) is 5.69 Å². The molecule has 2 heterocycles. The molecule has 182 valence electrons. The normalized spacial score (nSPS) is 20.7. The van der Waals surface area contributed by atoms with Crippen molar-refractivity contribution in [1.29, 1.82) is 0 Å². The smallest absolute Gasteiger partial charge is 0.246 e. The second kappa shape index (κ2) is 11.2. The van der Waals surface area contributed by atoms with Crippen molar-refractivity contribution < 1.29 is 9.59 Å². The maximum Gasteiger partial charge on any atom is 0.246 e. The molecule has 1 N–H and O–H groups in total. The SMILES string of the molecule is Cc1ccc(C)c(NC(=O)C(c2ccccc2)N2CCN(CC(=O)N3CCCCC3C)CC2)c1. The minimum Gasteiger partial charge on any atom is -0.339 e. The number of carbonyl (C=O) groups is 2. The number of anilines is 1. The number of rotatable bonds is 6. The lowest BCUT2D eigenvalue weighted by molar-refractivity contribution is -0.136. The highest BCUT2D eigenvalue weighted by atomic mass is 16.2. The third-order valence-corrected chi connectivity index (χ3v) is 7.27. The Balaban J connectivity index is 1.42. The highest BCUT2D eigenvalue weighted by Gasteiger charge is 2.32. The molecule has 2 aromatic rings. The number of amides is 2. The fourth-order valence-electron chi connectivity index (χ4n) is 5.17. The lowest BCUT2D eigenvalue weighted by Crippen LogP contribution is -2.53. The molecule has 4 rings (SSSR count). The maximum atomic E-state index is 13.6. The van der Waals surface area contributed by atoms with Crippen molar-refractivity contribution in [3.05, 3.63) is 65.2 Å². The van der Waals surface area contributed by atoms with Gasteiger partial charge < -0.3 is 10.2 Å². The number of nitrogens with zero attached hydrogens (tertiary/aromatic N) is 3. The van der Waals surface area contributed by atoms with Crippen molar-refractivity contribution in [2.45, 2.75) is 52.1 Å². The molecule has 2 unspecified atom stereocenters. The van der Waals surface area contributed by atoms with E-state index in [1.807, 2.05) is 56.3 Å². The van der Waals surface area contributed by atoms with Crippen molar-refractivity contribution in [3.8, 4) is 0 Å². The zero-order valence-corrected chi connectivity index (χ0v) is 20.8. The first kappa shape index (κ1) is 24.4. The predicted molar refractivity (Wildman–Crippen MR) is 137 cm³/mol. The summed E-state index contributed by atoms with van der Waals surface area (Å²) < 4.78 is 0. The average Bonchev–Trinajstić information content (AvgIpc) is 2.83. The van der Waals surface area contributed by atoms with E-state index in [-0.39, 0.29) is 17.9 Å². The topological polar surface area (TPSA) is 55.9 Å². The molecule has 2 saturated heterocycles. The molecule has 0 aliphatic carbocycles. The average molecular weight is 463 g/mol. The number of nitrogens with one attached hydrogen (secondary N) is 1. The van der Waals surface area contributed by atoms with Crippen LogP contribution in [0.5, 0.6) is 0 Å². The van der Waals surface area contributed by atoms with Crippen molar-refractivity contribution in [2.24, 2.45) is 0 Å². The van der Waals surface area contributed by atoms with E-state index >= 15 is 0 Å². The molecule has 0 radical (unpaired) electrons. The van der Waals surface area contributed by atoms with Crippen LogP contribution >= 0.6 is 0 Å². The van der Waals surface area contributed by atoms with E-state index in [1.54, 1.807) is 0 Å². The van der Waals surface area contributed by atoms with Gasteiger partial charge in [-0.15, -0.1) is 0 Å². The lowest BCUT2D eigenvalue weighted by atomic mass is 10.0. The first-order valence-corrected chi connectivity index (χ1v) is 12.6. The van der Waals surface area contributed by atoms with Crippen LogP contribution in [0.2, 0.25) is 0 Å². The highest BCUT2D eigenvalue weighted by Crippen LogP contribution is 2.26. The largest absolute Gasteiger partial charge is 0.339 e. The van der Waals surface area contributed by atoms with E-state index < -0.39 is 0 Å². The Hall–Kier alpha value is -2.70. The minimum atomic E-state index is -0.360. The molecule has 2 aliphatic heterocycles. The summed E-state index contributed by atoms with van der Waals surface area (Å²) in [6, 6.07) is 16.1. The summed E-state index contributed by atoms with van der Waals surface area (Å²) in [6.45, 7) is 10.7. The van der Waals surface area contributed by atoms with E-state index in [0.717, 1.165) is 67.9 Å². The second-order valence-electron chi connectivity index (χ2n) is 9.86. The molecule has 0 spiro atoms. The van der Waals surface area contributed by atoms with Crippen molar-refractivity contribution in [1.82, 2.24) is 14.7 Å². The van der Waals surface area contributed by atoms with Gasteiger partial charge in [0.25, 0.3) is 0 Å². The van der Waals surface area contributed by atoms with Gasteiger partial charge in [0.2, 0.25) is 11.8 Å². The molecule has 2 atom stereocenters. The van der Waals surface area contributed by atoms with Gasteiger partial charge in [0, 0.05) is 44.5 Å². The molecule has 34 heavy (non-hydrogen) atoms. The fraction of sp³-hybridized carbons (Fsp3) is 0.500. The molecule has 0 aromatic heterocycles. The van der Waals surface area contributed by atoms with Gasteiger partial charge in [-0.3, -0.25) is 19.4 Å². The van der Waals surface area contributed by atoms with Crippen LogP contribution < -0.4 is 5.32 Å². The Morgan fingerprint density at radius 3 is 2.41 bits per heavy atom. The van der Waals surface area contributed by atoms with Gasteiger partial charge in [0.05, 0.1) is 6.54 Å². The fourth-order valence-corrected chi connectivity index (χ4v) is 5.17. The van der Waals surface area contributed by atoms with Crippen LogP contribution in [-0.4, -0.2) is 71.8 Å². The van der Waals surface area contributed by atoms with E-state index in [4.69, 9.17) is 0 Å². The Morgan fingerprint density at radius 1 is 0.971 bits per heavy atom. The summed E-state index contributed by atoms with van der Waals surface area (Å²) in [5, 5.41) is 3.18. The number of benzene rings is 2. The van der Waals surface area contributed by atoms with Gasteiger partial charge in [-0.05, 0) is 62.8 Å². The van der Waals surface area contributed by atoms with E-state index in [2.05, 4.69) is 33.0 Å². The van der Waals surface area contributed by atoms with E-state index in [9.17, 15) is 9.59 Å². The first-order valence-electron chi connectivity index (χ1n) is 12.6. The monoisotopic (exact) mass is 462 g/mol. The standard InChI is InChI=1S/C28H38N4O2/c1-21-12-13-22(2)25(19-21)29-28(34)27(24-10-5-4-6-11-24)31-17-15-30(16-18-31)20-26(33)32-14-8-7-9-23(32)3/h4-6,10-13,19,23,27H,7-9,14-18,20H2,1-3H3,(H,29,34). The summed E-state index contributed by atoms with van der Waals surface area (Å²) in [4.78, 5) is 33.0. The maximum absolute atomic E-state index is 13.6. The number of carbonyl (C=O) groups excluding carboxylic acids is 2. The zero-order valence-electron chi connectivity index (χ0n) is 20.8. The van der Waals surface area contributed by atoms with Crippen LogP contribution in [0.1, 0.15) is 48.9 Å². The summed E-state index contributed by atoms with van der Waals surface area (Å²) in [6.07, 6.45) is 3.43. The lowest BCUT2D eigenvalue weighted by Gasteiger charge is -2.40. The van der Waals surface area contributed by atoms with Crippen molar-refractivity contribution in [3.63, 3.8) is 0 Å². The Kier molecular flexibility index (Phi) is 8.01. The minimum absolute atomic E-state index is 0.00781. The predicted octanol–water partition coefficient (Wildman–Crippen LogP) is 4.00. The highest BCUT2D eigenvalue weighted by molar-refractivity contribution is 5.96. The van der Waals surface area contributed by atoms with Crippen LogP contribution in [0, 0.1) is 13.8 Å². The van der Waals surface area contributed by atoms with E-state index in [1.165, 1.54) is 6.42 Å². The summed E-state index contributed by atoms with van der Waals surface area (Å²) in [5.41, 5.74) is 4.04. The third kappa shape index (κ3) is 5.86. The number of piperazine rings is 1. The molecule has 2 aliphatic rings. The van der Waals surface area contributed by atoms with Gasteiger partial charge >= 0.3 is 0 Å². The van der Waals surface area contributed by atoms with Gasteiger partial charge in [0.15, 0.2) is 0 Å². The Bertz CT molecular complexity index is 985. The quantitative estimate of drug-likeness (QED) is 0.705. The molecule has 2 aromatic carbocycles. The third-order valence-electron chi connectivity index (χ3n) is 7.27. The molecular weight excluding hydrogens is 424 g/mol. The van der Waals surface area contributed by atoms with E-state index in [0.29, 0.717) is 12.6 Å². The molecule has 0 saturated carbocycles. The van der Waals surface area contributed by atoms with Crippen molar-refractivity contribution in [2.75, 3.05) is 44.6 Å². The van der Waals surface area contributed by atoms with Gasteiger partial charge in [-0.2, -0.15) is 0 Å². The molecule has 6 nitrogen and oxygen atoms in total. The van der Waals surface area contributed by atoms with Crippen LogP contribution in [0.25, 0.3) is 0 Å². The van der Waals surface area contributed by atoms with Crippen molar-refractivity contribution >= 4 is 17.5 Å². The van der Waals surface area contributed by atoms with Gasteiger partial charge in [-0.25, -0.2) is 0 Å². The Labute approximate surface area is 203 Å². The zero-order chi connectivity index (χ0) is 24.1. The molecule has 6 heteroatoms. The number of hydrogen-bond acceptors (Lipinski definition) is 4. The van der Waals surface area contributed by atoms with Crippen LogP contribution in [0.3, 0.4) is 0 Å². The number of hydrogen-bond donors (Lipinski definition) is 1. The number of likely N-dealkylation sites (tertiary alicyclic amines) is 1.